The van der Waals surface area contributed by atoms with Crippen molar-refractivity contribution in [3.05, 3.63) is 0 Å². The molecule has 1 heterocycles. The largest absolute Gasteiger partial charge is 0.292 e. The number of hydrogen-bond acceptors (Lipinski definition) is 4. The first-order valence-electron chi connectivity index (χ1n) is 5.75. The molecule has 2 N–H and O–H groups in total. The molecule has 6 heteroatoms. The molecule has 0 aliphatic carbocycles. The first-order chi connectivity index (χ1) is 7.72. The van der Waals surface area contributed by atoms with Gasteiger partial charge in [0.15, 0.2) is 0 Å². The fourth-order valence-corrected chi connectivity index (χ4v) is 1.55. The summed E-state index contributed by atoms with van der Waals surface area (Å²) in [5.41, 5.74) is 0. The van der Waals surface area contributed by atoms with Gasteiger partial charge in [-0.15, -0.1) is 5.10 Å². The van der Waals surface area contributed by atoms with Crippen LogP contribution in [0.25, 0.3) is 0 Å². The van der Waals surface area contributed by atoms with Gasteiger partial charge in [-0.3, -0.25) is 10.1 Å². The molecule has 0 bridgehead atoms. The van der Waals surface area contributed by atoms with Crippen LogP contribution in [0.5, 0.6) is 0 Å². The van der Waals surface area contributed by atoms with Crippen molar-refractivity contribution in [2.75, 3.05) is 5.32 Å². The summed E-state index contributed by atoms with van der Waals surface area (Å²) in [5, 5.41) is 15.6. The van der Waals surface area contributed by atoms with Crippen LogP contribution < -0.4 is 5.32 Å². The summed E-state index contributed by atoms with van der Waals surface area (Å²) >= 11 is 0. The normalized spacial score (nSPS) is 12.4. The fourth-order valence-electron chi connectivity index (χ4n) is 1.55. The van der Waals surface area contributed by atoms with Gasteiger partial charge in [-0.25, -0.2) is 0 Å². The predicted molar refractivity (Wildman–Crippen MR) is 60.7 cm³/mol. The summed E-state index contributed by atoms with van der Waals surface area (Å²) in [7, 11) is 0. The van der Waals surface area contributed by atoms with Crippen LogP contribution in [0.4, 0.5) is 5.95 Å². The number of amides is 1. The number of anilines is 1. The highest BCUT2D eigenvalue weighted by atomic mass is 16.1. The summed E-state index contributed by atoms with van der Waals surface area (Å²) in [6, 6.07) is 0. The van der Waals surface area contributed by atoms with Crippen LogP contribution >= 0.6 is 0 Å². The highest BCUT2D eigenvalue weighted by Crippen LogP contribution is 2.13. The van der Waals surface area contributed by atoms with E-state index in [0.29, 0.717) is 12.3 Å². The number of hydrogen-bond donors (Lipinski definition) is 2. The van der Waals surface area contributed by atoms with E-state index < -0.39 is 0 Å². The van der Waals surface area contributed by atoms with Crippen LogP contribution in [0, 0.1) is 5.92 Å². The molecule has 0 saturated heterocycles. The maximum Gasteiger partial charge on any atom is 0.269 e. The van der Waals surface area contributed by atoms with Crippen molar-refractivity contribution < 1.29 is 4.79 Å². The van der Waals surface area contributed by atoms with Gasteiger partial charge in [-0.05, 0) is 11.1 Å². The molecule has 0 aromatic carbocycles. The molecule has 16 heavy (non-hydrogen) atoms. The monoisotopic (exact) mass is 225 g/mol. The van der Waals surface area contributed by atoms with E-state index in [1.54, 1.807) is 0 Å². The van der Waals surface area contributed by atoms with Crippen LogP contribution in [-0.2, 0) is 4.79 Å². The average molecular weight is 225 g/mol. The lowest BCUT2D eigenvalue weighted by Gasteiger charge is -2.09. The van der Waals surface area contributed by atoms with E-state index in [4.69, 9.17) is 0 Å². The van der Waals surface area contributed by atoms with E-state index in [2.05, 4.69) is 39.8 Å². The summed E-state index contributed by atoms with van der Waals surface area (Å²) < 4.78 is 0. The number of carbonyl (C=O) groups excluding carboxylic acids is 1. The second-order valence-corrected chi connectivity index (χ2v) is 4.09. The van der Waals surface area contributed by atoms with Gasteiger partial charge in [0.05, 0.1) is 0 Å². The minimum absolute atomic E-state index is 0.0506. The van der Waals surface area contributed by atoms with E-state index in [1.807, 2.05) is 0 Å². The molecule has 1 amide bonds. The number of aromatic amines is 1. The van der Waals surface area contributed by atoms with Gasteiger partial charge >= 0.3 is 0 Å². The Morgan fingerprint density at radius 3 is 2.94 bits per heavy atom. The van der Waals surface area contributed by atoms with E-state index in [1.165, 1.54) is 19.3 Å². The van der Waals surface area contributed by atoms with E-state index >= 15 is 0 Å². The number of unbranched alkanes of at least 4 members (excludes halogenated alkanes) is 2. The van der Waals surface area contributed by atoms with Gasteiger partial charge in [0, 0.05) is 6.42 Å². The molecule has 0 radical (unpaired) electrons. The van der Waals surface area contributed by atoms with Crippen LogP contribution in [0.2, 0.25) is 0 Å². The predicted octanol–water partition coefficient (Wildman–Crippen LogP) is 1.74. The SMILES string of the molecule is CCCCC[C@@H](C)CC(=O)Nc1nn[nH]n1. The number of nitrogens with one attached hydrogen (secondary N) is 2. The molecule has 0 saturated carbocycles. The van der Waals surface area contributed by atoms with Crippen molar-refractivity contribution in [2.45, 2.75) is 46.0 Å². The minimum Gasteiger partial charge on any atom is -0.292 e. The number of carbonyl (C=O) groups is 1. The van der Waals surface area contributed by atoms with E-state index in [-0.39, 0.29) is 11.9 Å². The highest BCUT2D eigenvalue weighted by molar-refractivity contribution is 5.88. The Morgan fingerprint density at radius 2 is 2.31 bits per heavy atom. The van der Waals surface area contributed by atoms with Gasteiger partial charge in [-0.2, -0.15) is 5.21 Å². The van der Waals surface area contributed by atoms with Crippen molar-refractivity contribution in [2.24, 2.45) is 5.92 Å². The topological polar surface area (TPSA) is 83.6 Å². The molecular weight excluding hydrogens is 206 g/mol. The number of tetrazole rings is 1. The summed E-state index contributed by atoms with van der Waals surface area (Å²) in [4.78, 5) is 11.5. The van der Waals surface area contributed by atoms with Crippen molar-refractivity contribution >= 4 is 11.9 Å². The van der Waals surface area contributed by atoms with Crippen LogP contribution in [0.15, 0.2) is 0 Å². The zero-order valence-corrected chi connectivity index (χ0v) is 9.86. The third kappa shape index (κ3) is 4.86. The number of rotatable bonds is 7. The van der Waals surface area contributed by atoms with E-state index in [9.17, 15) is 4.79 Å². The molecule has 0 aliphatic rings. The highest BCUT2D eigenvalue weighted by Gasteiger charge is 2.10. The van der Waals surface area contributed by atoms with Gasteiger partial charge in [0.1, 0.15) is 0 Å². The molecule has 0 spiro atoms. The summed E-state index contributed by atoms with van der Waals surface area (Å²) in [6.45, 7) is 4.26. The Morgan fingerprint density at radius 1 is 1.50 bits per heavy atom. The lowest BCUT2D eigenvalue weighted by atomic mass is 10.00. The Balaban J connectivity index is 2.18. The van der Waals surface area contributed by atoms with Crippen molar-refractivity contribution in [1.29, 1.82) is 0 Å². The molecule has 6 nitrogen and oxygen atoms in total. The second-order valence-electron chi connectivity index (χ2n) is 4.09. The zero-order chi connectivity index (χ0) is 11.8. The third-order valence-corrected chi connectivity index (χ3v) is 2.43. The molecule has 1 rings (SSSR count). The minimum atomic E-state index is -0.0506. The lowest BCUT2D eigenvalue weighted by Crippen LogP contribution is -2.16. The van der Waals surface area contributed by atoms with Gasteiger partial charge < -0.3 is 0 Å². The van der Waals surface area contributed by atoms with Gasteiger partial charge in [0.2, 0.25) is 5.91 Å². The Kier molecular flexibility index (Phi) is 5.45. The molecule has 90 valence electrons. The maximum atomic E-state index is 11.5. The molecule has 0 fully saturated rings. The fraction of sp³-hybridized carbons (Fsp3) is 0.800. The van der Waals surface area contributed by atoms with Crippen molar-refractivity contribution in [3.8, 4) is 0 Å². The van der Waals surface area contributed by atoms with Crippen molar-refractivity contribution in [3.63, 3.8) is 0 Å². The van der Waals surface area contributed by atoms with Crippen LogP contribution in [0.3, 0.4) is 0 Å². The summed E-state index contributed by atoms with van der Waals surface area (Å²) in [5.74, 6) is 0.592. The van der Waals surface area contributed by atoms with Crippen LogP contribution in [0.1, 0.15) is 46.0 Å². The Labute approximate surface area is 95.2 Å². The molecule has 0 aliphatic heterocycles. The smallest absolute Gasteiger partial charge is 0.269 e. The molecular formula is C10H19N5O. The molecule has 0 unspecified atom stereocenters. The maximum absolute atomic E-state index is 11.5. The Bertz CT molecular complexity index is 298. The standard InChI is InChI=1S/C10H19N5O/c1-3-4-5-6-8(2)7-9(16)11-10-12-14-15-13-10/h8H,3-7H2,1-2H3,(H2,11,12,13,14,15,16)/t8-/m1/s1. The number of H-pyrrole nitrogens is 1. The lowest BCUT2D eigenvalue weighted by molar-refractivity contribution is -0.117. The van der Waals surface area contributed by atoms with Gasteiger partial charge in [0.25, 0.3) is 5.95 Å². The van der Waals surface area contributed by atoms with E-state index in [0.717, 1.165) is 6.42 Å². The number of aromatic nitrogens is 4. The zero-order valence-electron chi connectivity index (χ0n) is 9.86. The third-order valence-electron chi connectivity index (χ3n) is 2.43. The first kappa shape index (κ1) is 12.6. The average Bonchev–Trinajstić information content (AvgIpc) is 2.70. The second kappa shape index (κ2) is 6.92. The van der Waals surface area contributed by atoms with Crippen molar-refractivity contribution in [1.82, 2.24) is 20.6 Å². The summed E-state index contributed by atoms with van der Waals surface area (Å²) in [6.07, 6.45) is 5.23. The van der Waals surface area contributed by atoms with Crippen LogP contribution in [-0.4, -0.2) is 26.5 Å². The quantitative estimate of drug-likeness (QED) is 0.692. The molecule has 1 atom stereocenters. The molecule has 1 aromatic rings. The number of nitrogens with zero attached hydrogens (tertiary/aromatic N) is 3. The Hall–Kier alpha value is -1.46. The first-order valence-corrected chi connectivity index (χ1v) is 5.75. The molecule has 1 aromatic heterocycles. The van der Waals surface area contributed by atoms with Gasteiger partial charge in [-0.1, -0.05) is 44.6 Å².